The number of nitrogens with zero attached hydrogens (tertiary/aromatic N) is 4. The van der Waals surface area contributed by atoms with Gasteiger partial charge in [0.25, 0.3) is 0 Å². The van der Waals surface area contributed by atoms with Gasteiger partial charge in [-0.1, -0.05) is 24.3 Å². The van der Waals surface area contributed by atoms with Gasteiger partial charge in [-0.2, -0.15) is 5.10 Å². The third-order valence-corrected chi connectivity index (χ3v) is 5.99. The van der Waals surface area contributed by atoms with Crippen molar-refractivity contribution in [2.24, 2.45) is 5.73 Å². The summed E-state index contributed by atoms with van der Waals surface area (Å²) < 4.78 is 0. The molecule has 0 radical (unpaired) electrons. The summed E-state index contributed by atoms with van der Waals surface area (Å²) in [5.41, 5.74) is 11.0. The minimum atomic E-state index is -0.659. The van der Waals surface area contributed by atoms with Crippen LogP contribution in [0, 0.1) is 0 Å². The molecule has 32 heavy (non-hydrogen) atoms. The molecule has 1 aliphatic heterocycles. The van der Waals surface area contributed by atoms with E-state index >= 15 is 0 Å². The van der Waals surface area contributed by atoms with Crippen LogP contribution in [-0.2, 0) is 0 Å². The Balaban J connectivity index is 1.53. The molecule has 164 valence electrons. The van der Waals surface area contributed by atoms with Gasteiger partial charge in [-0.25, -0.2) is 14.8 Å². The molecule has 0 atom stereocenters. The molecule has 1 fully saturated rings. The highest BCUT2D eigenvalue weighted by molar-refractivity contribution is 6.27. The van der Waals surface area contributed by atoms with E-state index < -0.39 is 6.03 Å². The Morgan fingerprint density at radius 2 is 1.78 bits per heavy atom. The fourth-order valence-corrected chi connectivity index (χ4v) is 4.54. The zero-order valence-electron chi connectivity index (χ0n) is 18.1. The standard InChI is InChI=1S/C23H25N7O2/c1-28(2)30(23(24)32)17-5-3-4-16-18(17)22(31)19-20(26-27-21(16)19)14-6-8-15(9-7-14)29-12-10-25-11-13-29/h3-9,25H,10-13H2,1-2H3,(H2,24,32)(H,26,27). The maximum absolute atomic E-state index is 13.6. The predicted molar refractivity (Wildman–Crippen MR) is 124 cm³/mol. The van der Waals surface area contributed by atoms with Crippen molar-refractivity contribution >= 4 is 23.2 Å². The summed E-state index contributed by atoms with van der Waals surface area (Å²) in [6.07, 6.45) is 0. The third kappa shape index (κ3) is 3.14. The first-order chi connectivity index (χ1) is 15.5. The van der Waals surface area contributed by atoms with Gasteiger partial charge in [0.2, 0.25) is 0 Å². The summed E-state index contributed by atoms with van der Waals surface area (Å²) >= 11 is 0. The second-order valence-electron chi connectivity index (χ2n) is 8.13. The largest absolute Gasteiger partial charge is 0.369 e. The summed E-state index contributed by atoms with van der Waals surface area (Å²) in [5.74, 6) is -0.173. The average Bonchev–Trinajstić information content (AvgIpc) is 3.35. The monoisotopic (exact) mass is 431 g/mol. The number of aromatic amines is 1. The van der Waals surface area contributed by atoms with Crippen LogP contribution in [0.4, 0.5) is 16.2 Å². The number of nitrogens with one attached hydrogen (secondary N) is 2. The maximum Gasteiger partial charge on any atom is 0.334 e. The van der Waals surface area contributed by atoms with Crippen molar-refractivity contribution in [1.82, 2.24) is 20.5 Å². The molecule has 2 aliphatic rings. The molecule has 3 aromatic rings. The predicted octanol–water partition coefficient (Wildman–Crippen LogP) is 2.06. The maximum atomic E-state index is 13.6. The number of fused-ring (bicyclic) bond motifs is 3. The SMILES string of the molecule is CN(C)N(C(N)=O)c1cccc2c1C(=O)c1c(-c3ccc(N4CCNCC4)cc3)n[nH]c1-2. The van der Waals surface area contributed by atoms with Crippen LogP contribution in [0.3, 0.4) is 0 Å². The van der Waals surface area contributed by atoms with Gasteiger partial charge in [-0.3, -0.25) is 9.89 Å². The molecule has 2 aromatic carbocycles. The van der Waals surface area contributed by atoms with Crippen molar-refractivity contribution in [2.45, 2.75) is 0 Å². The van der Waals surface area contributed by atoms with Gasteiger partial charge < -0.3 is 16.0 Å². The van der Waals surface area contributed by atoms with Crippen molar-refractivity contribution in [3.63, 3.8) is 0 Å². The Morgan fingerprint density at radius 3 is 2.44 bits per heavy atom. The zero-order valence-corrected chi connectivity index (χ0v) is 18.1. The molecule has 2 amide bonds. The van der Waals surface area contributed by atoms with E-state index in [0.29, 0.717) is 33.8 Å². The van der Waals surface area contributed by atoms with Crippen LogP contribution in [0.1, 0.15) is 15.9 Å². The number of urea groups is 1. The fraction of sp³-hybridized carbons (Fsp3) is 0.261. The first-order valence-corrected chi connectivity index (χ1v) is 10.6. The molecule has 0 unspecified atom stereocenters. The summed E-state index contributed by atoms with van der Waals surface area (Å²) in [5, 5.41) is 13.7. The van der Waals surface area contributed by atoms with E-state index in [1.807, 2.05) is 18.2 Å². The number of H-pyrrole nitrogens is 1. The zero-order chi connectivity index (χ0) is 22.4. The van der Waals surface area contributed by atoms with Crippen LogP contribution in [0.2, 0.25) is 0 Å². The lowest BCUT2D eigenvalue weighted by Gasteiger charge is -2.29. The second kappa shape index (κ2) is 7.77. The van der Waals surface area contributed by atoms with Gasteiger partial charge in [-0.15, -0.1) is 0 Å². The number of amides is 2. The van der Waals surface area contributed by atoms with Gasteiger partial charge in [0, 0.05) is 57.1 Å². The Bertz CT molecular complexity index is 1190. The average molecular weight is 432 g/mol. The van der Waals surface area contributed by atoms with Crippen molar-refractivity contribution in [3.8, 4) is 22.5 Å². The van der Waals surface area contributed by atoms with Crippen LogP contribution >= 0.6 is 0 Å². The number of hydrogen-bond donors (Lipinski definition) is 3. The van der Waals surface area contributed by atoms with E-state index in [0.717, 1.165) is 37.4 Å². The number of rotatable bonds is 4. The first-order valence-electron chi connectivity index (χ1n) is 10.6. The number of anilines is 2. The topological polar surface area (TPSA) is 111 Å². The van der Waals surface area contributed by atoms with Crippen LogP contribution < -0.4 is 21.0 Å². The summed E-state index contributed by atoms with van der Waals surface area (Å²) in [4.78, 5) is 28.0. The Hall–Kier alpha value is -3.69. The molecule has 9 heteroatoms. The first kappa shape index (κ1) is 20.2. The van der Waals surface area contributed by atoms with Crippen molar-refractivity contribution < 1.29 is 9.59 Å². The molecule has 0 spiro atoms. The molecule has 1 saturated heterocycles. The lowest BCUT2D eigenvalue weighted by Crippen LogP contribution is -2.46. The van der Waals surface area contributed by atoms with Crippen LogP contribution in [0.25, 0.3) is 22.5 Å². The molecule has 0 saturated carbocycles. The molecular formula is C23H25N7O2. The van der Waals surface area contributed by atoms with E-state index in [1.165, 1.54) is 5.01 Å². The van der Waals surface area contributed by atoms with Crippen LogP contribution in [0.5, 0.6) is 0 Å². The lowest BCUT2D eigenvalue weighted by atomic mass is 10.0. The van der Waals surface area contributed by atoms with Crippen molar-refractivity contribution in [2.75, 3.05) is 50.2 Å². The van der Waals surface area contributed by atoms with E-state index in [-0.39, 0.29) is 5.78 Å². The summed E-state index contributed by atoms with van der Waals surface area (Å²) in [6, 6.07) is 12.9. The Labute approximate surface area is 185 Å². The van der Waals surface area contributed by atoms with Crippen LogP contribution in [-0.4, -0.2) is 67.3 Å². The Morgan fingerprint density at radius 1 is 1.06 bits per heavy atom. The molecule has 2 heterocycles. The molecule has 4 N–H and O–H groups in total. The molecule has 5 rings (SSSR count). The molecule has 9 nitrogen and oxygen atoms in total. The smallest absolute Gasteiger partial charge is 0.334 e. The van der Waals surface area contributed by atoms with Crippen LogP contribution in [0.15, 0.2) is 42.5 Å². The van der Waals surface area contributed by atoms with E-state index in [4.69, 9.17) is 5.73 Å². The highest BCUT2D eigenvalue weighted by Crippen LogP contribution is 2.44. The lowest BCUT2D eigenvalue weighted by molar-refractivity contribution is 0.104. The Kier molecular flexibility index (Phi) is 4.91. The third-order valence-electron chi connectivity index (χ3n) is 5.99. The minimum absolute atomic E-state index is 0.173. The fourth-order valence-electron chi connectivity index (χ4n) is 4.54. The van der Waals surface area contributed by atoms with Gasteiger partial charge in [0.1, 0.15) is 5.69 Å². The number of ketones is 1. The van der Waals surface area contributed by atoms with Gasteiger partial charge in [0.15, 0.2) is 5.78 Å². The summed E-state index contributed by atoms with van der Waals surface area (Å²) in [6.45, 7) is 3.88. The van der Waals surface area contributed by atoms with Gasteiger partial charge in [-0.05, 0) is 18.2 Å². The number of benzene rings is 2. The number of carbonyl (C=O) groups is 2. The number of primary amides is 1. The highest BCUT2D eigenvalue weighted by atomic mass is 16.2. The van der Waals surface area contributed by atoms with Crippen molar-refractivity contribution in [1.29, 1.82) is 0 Å². The second-order valence-corrected chi connectivity index (χ2v) is 8.13. The molecule has 1 aliphatic carbocycles. The van der Waals surface area contributed by atoms with E-state index in [1.54, 1.807) is 31.2 Å². The van der Waals surface area contributed by atoms with Crippen molar-refractivity contribution in [3.05, 3.63) is 53.6 Å². The van der Waals surface area contributed by atoms with E-state index in [2.05, 4.69) is 32.5 Å². The van der Waals surface area contributed by atoms with E-state index in [9.17, 15) is 9.59 Å². The number of aromatic nitrogens is 2. The molecule has 0 bridgehead atoms. The number of hydrogen-bond acceptors (Lipinski definition) is 6. The number of piperazine rings is 1. The summed E-state index contributed by atoms with van der Waals surface area (Å²) in [7, 11) is 3.41. The molecule has 1 aromatic heterocycles. The van der Waals surface area contributed by atoms with Gasteiger partial charge in [0.05, 0.1) is 22.5 Å². The molecular weight excluding hydrogens is 406 g/mol. The number of nitrogens with two attached hydrogens (primary N) is 1. The normalized spacial score (nSPS) is 15.1. The number of carbonyl (C=O) groups excluding carboxylic acids is 2. The highest BCUT2D eigenvalue weighted by Gasteiger charge is 2.36. The number of hydrazine groups is 1. The minimum Gasteiger partial charge on any atom is -0.369 e. The quantitative estimate of drug-likeness (QED) is 0.427. The van der Waals surface area contributed by atoms with Gasteiger partial charge >= 0.3 is 6.03 Å².